The third kappa shape index (κ3) is 2.66. The van der Waals surface area contributed by atoms with Crippen LogP contribution < -0.4 is 5.32 Å². The van der Waals surface area contributed by atoms with Crippen LogP contribution in [0.15, 0.2) is 30.4 Å². The summed E-state index contributed by atoms with van der Waals surface area (Å²) in [6, 6.07) is 5.76. The van der Waals surface area contributed by atoms with Crippen LogP contribution in [0.4, 0.5) is 5.69 Å². The molecule has 1 aromatic carbocycles. The summed E-state index contributed by atoms with van der Waals surface area (Å²) in [7, 11) is 0. The minimum atomic E-state index is -0.201. The molecule has 5 rings (SSSR count). The van der Waals surface area contributed by atoms with E-state index < -0.39 is 0 Å². The van der Waals surface area contributed by atoms with E-state index in [9.17, 15) is 14.4 Å². The van der Waals surface area contributed by atoms with E-state index in [0.29, 0.717) is 0 Å². The minimum absolute atomic E-state index is 0.0846. The summed E-state index contributed by atoms with van der Waals surface area (Å²) in [6.45, 7) is 4.13. The van der Waals surface area contributed by atoms with Crippen molar-refractivity contribution in [2.24, 2.45) is 23.7 Å². The van der Waals surface area contributed by atoms with Crippen molar-refractivity contribution in [1.82, 2.24) is 4.90 Å². The third-order valence-electron chi connectivity index (χ3n) is 6.29. The number of benzene rings is 1. The predicted molar refractivity (Wildman–Crippen MR) is 98.2 cm³/mol. The zero-order valence-corrected chi connectivity index (χ0v) is 15.2. The normalized spacial score (nSPS) is 29.2. The van der Waals surface area contributed by atoms with Crippen LogP contribution in [0, 0.1) is 37.5 Å². The van der Waals surface area contributed by atoms with Crippen LogP contribution >= 0.6 is 0 Å². The lowest BCUT2D eigenvalue weighted by Crippen LogP contribution is -2.38. The number of carbonyl (C=O) groups is 3. The summed E-state index contributed by atoms with van der Waals surface area (Å²) in [6.07, 6.45) is 6.33. The molecule has 3 amide bonds. The quantitative estimate of drug-likeness (QED) is 0.669. The number of allylic oxidation sites excluding steroid dienone is 2. The van der Waals surface area contributed by atoms with Crippen molar-refractivity contribution in [2.45, 2.75) is 33.1 Å². The maximum atomic E-state index is 12.7. The van der Waals surface area contributed by atoms with Gasteiger partial charge in [-0.25, -0.2) is 0 Å². The number of likely N-dealkylation sites (tertiary alicyclic amines) is 1. The van der Waals surface area contributed by atoms with E-state index in [1.165, 1.54) is 4.90 Å². The van der Waals surface area contributed by atoms with Gasteiger partial charge in [0.05, 0.1) is 11.8 Å². The van der Waals surface area contributed by atoms with Gasteiger partial charge in [0.25, 0.3) is 0 Å². The molecule has 1 aromatic rings. The van der Waals surface area contributed by atoms with Crippen molar-refractivity contribution in [2.75, 3.05) is 11.9 Å². The highest BCUT2D eigenvalue weighted by Crippen LogP contribution is 2.49. The molecule has 0 radical (unpaired) electrons. The Balaban J connectivity index is 1.41. The van der Waals surface area contributed by atoms with E-state index in [0.717, 1.165) is 29.7 Å². The van der Waals surface area contributed by atoms with E-state index in [1.807, 2.05) is 32.0 Å². The van der Waals surface area contributed by atoms with E-state index >= 15 is 0 Å². The molecule has 26 heavy (non-hydrogen) atoms. The van der Waals surface area contributed by atoms with E-state index in [2.05, 4.69) is 17.5 Å². The number of hydrogen-bond acceptors (Lipinski definition) is 3. The average molecular weight is 352 g/mol. The number of carbonyl (C=O) groups excluding carboxylic acids is 3. The fourth-order valence-corrected chi connectivity index (χ4v) is 4.67. The zero-order chi connectivity index (χ0) is 18.4. The maximum Gasteiger partial charge on any atom is 0.233 e. The highest BCUT2D eigenvalue weighted by atomic mass is 16.2. The van der Waals surface area contributed by atoms with Crippen molar-refractivity contribution < 1.29 is 14.4 Å². The Hall–Kier alpha value is -2.43. The second kappa shape index (κ2) is 6.38. The molecule has 1 N–H and O–H groups in total. The molecule has 5 nitrogen and oxygen atoms in total. The summed E-state index contributed by atoms with van der Waals surface area (Å²) < 4.78 is 0. The van der Waals surface area contributed by atoms with Crippen molar-refractivity contribution in [3.8, 4) is 0 Å². The lowest BCUT2D eigenvalue weighted by atomic mass is 9.63. The Kier molecular flexibility index (Phi) is 4.17. The van der Waals surface area contributed by atoms with Crippen LogP contribution in [0.2, 0.25) is 0 Å². The highest BCUT2D eigenvalue weighted by Gasteiger charge is 2.56. The molecule has 0 unspecified atom stereocenters. The topological polar surface area (TPSA) is 66.5 Å². The molecule has 4 aliphatic rings. The van der Waals surface area contributed by atoms with Gasteiger partial charge in [0.15, 0.2) is 0 Å². The molecule has 2 fully saturated rings. The largest absolute Gasteiger partial charge is 0.326 e. The molecule has 4 atom stereocenters. The number of rotatable bonds is 4. The summed E-state index contributed by atoms with van der Waals surface area (Å²) in [5, 5.41) is 2.90. The van der Waals surface area contributed by atoms with Gasteiger partial charge in [-0.15, -0.1) is 0 Å². The Morgan fingerprint density at radius 2 is 1.69 bits per heavy atom. The summed E-state index contributed by atoms with van der Waals surface area (Å²) in [5.74, 6) is -0.362. The fraction of sp³-hybridized carbons (Fsp3) is 0.476. The Labute approximate surface area is 153 Å². The third-order valence-corrected chi connectivity index (χ3v) is 6.29. The lowest BCUT2D eigenvalue weighted by molar-refractivity contribution is -0.140. The molecule has 1 saturated heterocycles. The van der Waals surface area contributed by atoms with Gasteiger partial charge < -0.3 is 5.32 Å². The van der Waals surface area contributed by atoms with Crippen molar-refractivity contribution in [1.29, 1.82) is 0 Å². The van der Waals surface area contributed by atoms with E-state index in [-0.39, 0.29) is 54.4 Å². The predicted octanol–water partition coefficient (Wildman–Crippen LogP) is 2.83. The van der Waals surface area contributed by atoms with Gasteiger partial charge >= 0.3 is 0 Å². The Bertz CT molecular complexity index is 781. The fourth-order valence-electron chi connectivity index (χ4n) is 4.67. The highest BCUT2D eigenvalue weighted by molar-refractivity contribution is 6.06. The standard InChI is InChI=1S/C21H24N2O3/c1-12-4-3-5-16(13(12)2)22-17(24)10-11-23-20(25)18-14-6-7-15(9-8-14)19(18)21(23)26/h3-7,14-15,18-19H,8-11H2,1-2H3,(H,22,24)/t14-,15-,18-,19-/m0/s1. The number of amides is 3. The Morgan fingerprint density at radius 3 is 2.27 bits per heavy atom. The molecule has 2 bridgehead atoms. The number of nitrogens with zero attached hydrogens (tertiary/aromatic N) is 1. The first kappa shape index (κ1) is 17.0. The van der Waals surface area contributed by atoms with Crippen LogP contribution in [-0.4, -0.2) is 29.2 Å². The van der Waals surface area contributed by atoms with Crippen LogP contribution in [0.5, 0.6) is 0 Å². The van der Waals surface area contributed by atoms with Gasteiger partial charge in [-0.05, 0) is 55.7 Å². The van der Waals surface area contributed by atoms with Crippen molar-refractivity contribution in [3.05, 3.63) is 41.5 Å². The Morgan fingerprint density at radius 1 is 1.08 bits per heavy atom. The smallest absolute Gasteiger partial charge is 0.233 e. The molecule has 0 spiro atoms. The molecular formula is C21H24N2O3. The number of hydrogen-bond donors (Lipinski definition) is 1. The van der Waals surface area contributed by atoms with Gasteiger partial charge in [-0.1, -0.05) is 24.3 Å². The average Bonchev–Trinajstić information content (AvgIpc) is 2.91. The molecule has 3 aliphatic carbocycles. The number of aryl methyl sites for hydroxylation is 1. The van der Waals surface area contributed by atoms with Gasteiger partial charge in [0.2, 0.25) is 17.7 Å². The summed E-state index contributed by atoms with van der Waals surface area (Å²) in [4.78, 5) is 39.2. The molecule has 1 saturated carbocycles. The van der Waals surface area contributed by atoms with Crippen molar-refractivity contribution in [3.63, 3.8) is 0 Å². The minimum Gasteiger partial charge on any atom is -0.326 e. The first-order valence-corrected chi connectivity index (χ1v) is 9.37. The molecule has 1 heterocycles. The molecule has 136 valence electrons. The van der Waals surface area contributed by atoms with Gasteiger partial charge in [0, 0.05) is 18.7 Å². The molecule has 0 aromatic heterocycles. The van der Waals surface area contributed by atoms with Crippen molar-refractivity contribution >= 4 is 23.4 Å². The van der Waals surface area contributed by atoms with Crippen LogP contribution in [0.1, 0.15) is 30.4 Å². The zero-order valence-electron chi connectivity index (χ0n) is 15.2. The van der Waals surface area contributed by atoms with Crippen LogP contribution in [-0.2, 0) is 14.4 Å². The first-order valence-electron chi connectivity index (χ1n) is 9.37. The van der Waals surface area contributed by atoms with Crippen LogP contribution in [0.25, 0.3) is 0 Å². The second-order valence-corrected chi connectivity index (χ2v) is 7.72. The monoisotopic (exact) mass is 352 g/mol. The van der Waals surface area contributed by atoms with E-state index in [4.69, 9.17) is 0 Å². The molecule has 5 heteroatoms. The number of anilines is 1. The van der Waals surface area contributed by atoms with Gasteiger partial charge in [0.1, 0.15) is 0 Å². The number of imide groups is 1. The summed E-state index contributed by atoms with van der Waals surface area (Å²) >= 11 is 0. The van der Waals surface area contributed by atoms with E-state index in [1.54, 1.807) is 0 Å². The SMILES string of the molecule is Cc1cccc(NC(=O)CCN2C(=O)[C@@H]3[C@@H](C2=O)[C@H]2C=C[C@H]3CC2)c1C. The van der Waals surface area contributed by atoms with Crippen LogP contribution in [0.3, 0.4) is 0 Å². The maximum absolute atomic E-state index is 12.7. The van der Waals surface area contributed by atoms with Gasteiger partial charge in [-0.3, -0.25) is 19.3 Å². The summed E-state index contributed by atoms with van der Waals surface area (Å²) in [5.41, 5.74) is 2.92. The number of nitrogens with one attached hydrogen (secondary N) is 1. The molecule has 1 aliphatic heterocycles. The second-order valence-electron chi connectivity index (χ2n) is 7.72. The number of fused-ring (bicyclic) bond motifs is 1. The van der Waals surface area contributed by atoms with Gasteiger partial charge in [-0.2, -0.15) is 0 Å². The molecular weight excluding hydrogens is 328 g/mol. The lowest BCUT2D eigenvalue weighted by Gasteiger charge is -2.38. The first-order chi connectivity index (χ1) is 12.5.